The van der Waals surface area contributed by atoms with E-state index in [1.54, 1.807) is 6.07 Å². The molecule has 152 valence electrons. The summed E-state index contributed by atoms with van der Waals surface area (Å²) < 4.78 is 0. The molecule has 3 N–H and O–H groups in total. The van der Waals surface area contributed by atoms with Gasteiger partial charge in [0.2, 0.25) is 17.8 Å². The molecule has 2 aromatic rings. The number of aromatic nitrogens is 2. The molecule has 8 nitrogen and oxygen atoms in total. The standard InChI is InChI=1S/C21H25N5O3/c1-12-7-3-4-9-15(12)22-19(28)14-11-16(27)23-18-17(14)20(29)25-21(24-18)26-10-6-5-8-13(26)2/h3-4,7,9,13-14H,5-6,8,10-11H2,1-2H3,(H,22,28)(H2,23,24,25,27,29)/t13-,14-/m1/s1. The van der Waals surface area contributed by atoms with E-state index in [4.69, 9.17) is 0 Å². The summed E-state index contributed by atoms with van der Waals surface area (Å²) in [4.78, 5) is 47.5. The number of hydrogen-bond donors (Lipinski definition) is 3. The summed E-state index contributed by atoms with van der Waals surface area (Å²) in [5, 5.41) is 5.52. The van der Waals surface area contributed by atoms with E-state index < -0.39 is 5.92 Å². The number of nitrogens with one attached hydrogen (secondary N) is 3. The summed E-state index contributed by atoms with van der Waals surface area (Å²) in [6.07, 6.45) is 3.10. The Balaban J connectivity index is 1.67. The molecule has 4 rings (SSSR count). The molecule has 0 unspecified atom stereocenters. The van der Waals surface area contributed by atoms with Crippen LogP contribution in [0.25, 0.3) is 0 Å². The Bertz CT molecular complexity index is 1020. The third-order valence-corrected chi connectivity index (χ3v) is 5.73. The van der Waals surface area contributed by atoms with Crippen molar-refractivity contribution in [2.24, 2.45) is 0 Å². The van der Waals surface area contributed by atoms with Crippen LogP contribution in [-0.2, 0) is 9.59 Å². The Hall–Kier alpha value is -3.16. The van der Waals surface area contributed by atoms with Crippen molar-refractivity contribution in [2.75, 3.05) is 22.1 Å². The summed E-state index contributed by atoms with van der Waals surface area (Å²) in [7, 11) is 0. The zero-order valence-corrected chi connectivity index (χ0v) is 16.6. The summed E-state index contributed by atoms with van der Waals surface area (Å²) >= 11 is 0. The molecule has 0 radical (unpaired) electrons. The van der Waals surface area contributed by atoms with Crippen molar-refractivity contribution in [2.45, 2.75) is 51.5 Å². The number of anilines is 3. The largest absolute Gasteiger partial charge is 0.340 e. The number of piperidine rings is 1. The second kappa shape index (κ2) is 7.69. The normalized spacial score (nSPS) is 21.3. The highest BCUT2D eigenvalue weighted by Gasteiger charge is 2.35. The van der Waals surface area contributed by atoms with Crippen LogP contribution in [0.5, 0.6) is 0 Å². The zero-order valence-electron chi connectivity index (χ0n) is 16.6. The van der Waals surface area contributed by atoms with Crippen LogP contribution in [0.15, 0.2) is 29.1 Å². The van der Waals surface area contributed by atoms with E-state index in [0.717, 1.165) is 31.4 Å². The van der Waals surface area contributed by atoms with Crippen LogP contribution >= 0.6 is 0 Å². The molecular formula is C21H25N5O3. The first kappa shape index (κ1) is 19.2. The molecule has 2 aliphatic heterocycles. The maximum Gasteiger partial charge on any atom is 0.258 e. The SMILES string of the molecule is Cc1ccccc1NC(=O)[C@@H]1CC(=O)Nc2nc(N3CCCC[C@H]3C)[nH]c(=O)c21. The van der Waals surface area contributed by atoms with Gasteiger partial charge in [-0.05, 0) is 44.7 Å². The minimum absolute atomic E-state index is 0.0884. The summed E-state index contributed by atoms with van der Waals surface area (Å²) in [6, 6.07) is 7.64. The third-order valence-electron chi connectivity index (χ3n) is 5.73. The van der Waals surface area contributed by atoms with Crippen LogP contribution in [0.3, 0.4) is 0 Å². The molecule has 8 heteroatoms. The summed E-state index contributed by atoms with van der Waals surface area (Å²) in [5.74, 6) is -0.966. The van der Waals surface area contributed by atoms with Gasteiger partial charge >= 0.3 is 0 Å². The lowest BCUT2D eigenvalue weighted by atomic mass is 9.92. The van der Waals surface area contributed by atoms with Gasteiger partial charge in [0.1, 0.15) is 5.82 Å². The number of para-hydroxylation sites is 1. The molecule has 2 amide bonds. The van der Waals surface area contributed by atoms with Gasteiger partial charge in [-0.15, -0.1) is 0 Å². The fourth-order valence-electron chi connectivity index (χ4n) is 4.07. The van der Waals surface area contributed by atoms with E-state index in [1.807, 2.05) is 30.0 Å². The number of carbonyl (C=O) groups is 2. The first-order valence-corrected chi connectivity index (χ1v) is 10.0. The van der Waals surface area contributed by atoms with Gasteiger partial charge in [-0.2, -0.15) is 4.98 Å². The molecule has 3 heterocycles. The second-order valence-electron chi connectivity index (χ2n) is 7.80. The molecule has 1 fully saturated rings. The Morgan fingerprint density at radius 2 is 2.03 bits per heavy atom. The first-order valence-electron chi connectivity index (χ1n) is 10.0. The number of rotatable bonds is 3. The molecule has 0 aliphatic carbocycles. The number of hydrogen-bond acceptors (Lipinski definition) is 5. The van der Waals surface area contributed by atoms with Crippen molar-refractivity contribution >= 4 is 29.3 Å². The molecule has 0 spiro atoms. The Labute approximate surface area is 168 Å². The average Bonchev–Trinajstić information content (AvgIpc) is 2.69. The smallest absolute Gasteiger partial charge is 0.258 e. The molecule has 1 aromatic heterocycles. The Morgan fingerprint density at radius 3 is 2.79 bits per heavy atom. The molecule has 2 aliphatic rings. The lowest BCUT2D eigenvalue weighted by molar-refractivity contribution is -0.123. The van der Waals surface area contributed by atoms with Crippen LogP contribution in [0, 0.1) is 6.92 Å². The van der Waals surface area contributed by atoms with Crippen LogP contribution in [0.1, 0.15) is 49.7 Å². The topological polar surface area (TPSA) is 107 Å². The lowest BCUT2D eigenvalue weighted by Gasteiger charge is -2.34. The number of amides is 2. The maximum absolute atomic E-state index is 12.9. The lowest BCUT2D eigenvalue weighted by Crippen LogP contribution is -2.42. The second-order valence-corrected chi connectivity index (χ2v) is 7.80. The van der Waals surface area contributed by atoms with E-state index in [1.165, 1.54) is 0 Å². The number of nitrogens with zero attached hydrogens (tertiary/aromatic N) is 2. The van der Waals surface area contributed by atoms with Gasteiger partial charge in [0, 0.05) is 24.7 Å². The van der Waals surface area contributed by atoms with Crippen molar-refractivity contribution in [3.8, 4) is 0 Å². The van der Waals surface area contributed by atoms with E-state index >= 15 is 0 Å². The Morgan fingerprint density at radius 1 is 1.24 bits per heavy atom. The molecule has 29 heavy (non-hydrogen) atoms. The van der Waals surface area contributed by atoms with Gasteiger partial charge in [-0.1, -0.05) is 18.2 Å². The minimum Gasteiger partial charge on any atom is -0.340 e. The van der Waals surface area contributed by atoms with Gasteiger partial charge < -0.3 is 15.5 Å². The number of H-pyrrole nitrogens is 1. The van der Waals surface area contributed by atoms with Gasteiger partial charge in [-0.3, -0.25) is 19.4 Å². The van der Waals surface area contributed by atoms with E-state index in [-0.39, 0.29) is 41.2 Å². The Kier molecular flexibility index (Phi) is 5.08. The van der Waals surface area contributed by atoms with Crippen molar-refractivity contribution in [1.82, 2.24) is 9.97 Å². The van der Waals surface area contributed by atoms with E-state index in [2.05, 4.69) is 27.5 Å². The van der Waals surface area contributed by atoms with Crippen LogP contribution in [0.2, 0.25) is 0 Å². The predicted molar refractivity (Wildman–Crippen MR) is 111 cm³/mol. The number of carbonyl (C=O) groups excluding carboxylic acids is 2. The van der Waals surface area contributed by atoms with Gasteiger partial charge in [0.25, 0.3) is 5.56 Å². The van der Waals surface area contributed by atoms with Crippen molar-refractivity contribution in [1.29, 1.82) is 0 Å². The van der Waals surface area contributed by atoms with Gasteiger partial charge in [0.05, 0.1) is 11.5 Å². The third kappa shape index (κ3) is 3.74. The van der Waals surface area contributed by atoms with Crippen LogP contribution in [0.4, 0.5) is 17.5 Å². The highest BCUT2D eigenvalue weighted by Crippen LogP contribution is 2.31. The van der Waals surface area contributed by atoms with Crippen molar-refractivity contribution < 1.29 is 9.59 Å². The predicted octanol–water partition coefficient (Wildman–Crippen LogP) is 2.52. The zero-order chi connectivity index (χ0) is 20.5. The average molecular weight is 395 g/mol. The van der Waals surface area contributed by atoms with E-state index in [0.29, 0.717) is 11.6 Å². The quantitative estimate of drug-likeness (QED) is 0.740. The first-order chi connectivity index (χ1) is 13.9. The molecule has 1 aromatic carbocycles. The minimum atomic E-state index is -0.887. The monoisotopic (exact) mass is 395 g/mol. The number of aryl methyl sites for hydroxylation is 1. The number of aromatic amines is 1. The van der Waals surface area contributed by atoms with Crippen molar-refractivity contribution in [3.63, 3.8) is 0 Å². The summed E-state index contributed by atoms with van der Waals surface area (Å²) in [6.45, 7) is 4.78. The fraction of sp³-hybridized carbons (Fsp3) is 0.429. The summed E-state index contributed by atoms with van der Waals surface area (Å²) in [5.41, 5.74) is 1.40. The molecule has 1 saturated heterocycles. The molecular weight excluding hydrogens is 370 g/mol. The van der Waals surface area contributed by atoms with E-state index in [9.17, 15) is 14.4 Å². The highest BCUT2D eigenvalue weighted by atomic mass is 16.2. The number of benzene rings is 1. The molecule has 0 bridgehead atoms. The fourth-order valence-corrected chi connectivity index (χ4v) is 4.07. The maximum atomic E-state index is 12.9. The molecule has 2 atom stereocenters. The number of fused-ring (bicyclic) bond motifs is 1. The van der Waals surface area contributed by atoms with Gasteiger partial charge in [-0.25, -0.2) is 0 Å². The van der Waals surface area contributed by atoms with Crippen LogP contribution in [-0.4, -0.2) is 34.4 Å². The molecule has 0 saturated carbocycles. The van der Waals surface area contributed by atoms with Crippen LogP contribution < -0.4 is 21.1 Å². The highest BCUT2D eigenvalue weighted by molar-refractivity contribution is 6.04. The van der Waals surface area contributed by atoms with Gasteiger partial charge in [0.15, 0.2) is 0 Å². The van der Waals surface area contributed by atoms with Crippen molar-refractivity contribution in [3.05, 3.63) is 45.7 Å².